The minimum atomic E-state index is 0.145. The molecule has 0 aliphatic carbocycles. The molecule has 0 amide bonds. The first-order valence-electron chi connectivity index (χ1n) is 7.01. The van der Waals surface area contributed by atoms with E-state index < -0.39 is 0 Å². The Morgan fingerprint density at radius 3 is 2.90 bits per heavy atom. The Balaban J connectivity index is 1.66. The van der Waals surface area contributed by atoms with Crippen molar-refractivity contribution in [3.05, 3.63) is 40.2 Å². The van der Waals surface area contributed by atoms with Crippen molar-refractivity contribution >= 4 is 11.3 Å². The molecule has 1 saturated heterocycles. The van der Waals surface area contributed by atoms with Gasteiger partial charge in [-0.2, -0.15) is 16.4 Å². The molecule has 112 valence electrons. The number of ether oxygens (including phenoxy) is 2. The van der Waals surface area contributed by atoms with E-state index in [0.29, 0.717) is 5.88 Å². The van der Waals surface area contributed by atoms with Crippen LogP contribution < -0.4 is 4.74 Å². The second kappa shape index (κ2) is 6.51. The van der Waals surface area contributed by atoms with Gasteiger partial charge in [0.1, 0.15) is 0 Å². The summed E-state index contributed by atoms with van der Waals surface area (Å²) in [6.45, 7) is 4.69. The van der Waals surface area contributed by atoms with E-state index in [-0.39, 0.29) is 12.2 Å². The van der Waals surface area contributed by atoms with Crippen LogP contribution in [-0.2, 0) is 11.3 Å². The zero-order valence-corrected chi connectivity index (χ0v) is 13.0. The third-order valence-electron chi connectivity index (χ3n) is 3.54. The van der Waals surface area contributed by atoms with Crippen LogP contribution in [0.3, 0.4) is 0 Å². The average molecular weight is 305 g/mol. The summed E-state index contributed by atoms with van der Waals surface area (Å²) in [5.74, 6) is 0.547. The molecule has 1 aliphatic rings. The van der Waals surface area contributed by atoms with Crippen molar-refractivity contribution < 1.29 is 9.47 Å². The fraction of sp³-hybridized carbons (Fsp3) is 0.467. The second-order valence-electron chi connectivity index (χ2n) is 5.25. The minimum absolute atomic E-state index is 0.145. The second-order valence-corrected chi connectivity index (χ2v) is 6.03. The maximum Gasteiger partial charge on any atom is 0.233 e. The molecule has 1 fully saturated rings. The average Bonchev–Trinajstić information content (AvgIpc) is 3.02. The van der Waals surface area contributed by atoms with Gasteiger partial charge < -0.3 is 9.47 Å². The van der Waals surface area contributed by atoms with Crippen molar-refractivity contribution in [2.45, 2.75) is 25.7 Å². The molecule has 0 radical (unpaired) electrons. The summed E-state index contributed by atoms with van der Waals surface area (Å²) in [4.78, 5) is 2.37. The van der Waals surface area contributed by atoms with Crippen molar-refractivity contribution in [1.29, 1.82) is 0 Å². The van der Waals surface area contributed by atoms with Crippen LogP contribution in [0.2, 0.25) is 0 Å². The lowest BCUT2D eigenvalue weighted by molar-refractivity contribution is -0.0815. The number of rotatable bonds is 4. The molecule has 0 aromatic carbocycles. The molecule has 21 heavy (non-hydrogen) atoms. The normalized spacial score (nSPS) is 23.1. The van der Waals surface area contributed by atoms with Crippen LogP contribution in [0.5, 0.6) is 5.88 Å². The molecule has 6 heteroatoms. The van der Waals surface area contributed by atoms with Crippen molar-refractivity contribution in [1.82, 2.24) is 15.1 Å². The van der Waals surface area contributed by atoms with Crippen LogP contribution in [0.4, 0.5) is 0 Å². The number of hydrogen-bond acceptors (Lipinski definition) is 6. The molecule has 0 spiro atoms. The van der Waals surface area contributed by atoms with Crippen molar-refractivity contribution in [3.8, 4) is 5.88 Å². The molecular formula is C15H19N3O2S. The quantitative estimate of drug-likeness (QED) is 0.868. The number of methoxy groups -OCH3 is 1. The highest BCUT2D eigenvalue weighted by atomic mass is 32.1. The third kappa shape index (κ3) is 3.58. The topological polar surface area (TPSA) is 47.5 Å². The highest BCUT2D eigenvalue weighted by Gasteiger charge is 2.26. The van der Waals surface area contributed by atoms with Crippen LogP contribution in [0, 0.1) is 0 Å². The highest BCUT2D eigenvalue weighted by Crippen LogP contribution is 2.27. The Hall–Kier alpha value is -1.50. The molecule has 3 heterocycles. The molecule has 0 saturated carbocycles. The van der Waals surface area contributed by atoms with Gasteiger partial charge in [0, 0.05) is 25.7 Å². The largest absolute Gasteiger partial charge is 0.480 e. The summed E-state index contributed by atoms with van der Waals surface area (Å²) in [5.41, 5.74) is 2.21. The molecule has 0 unspecified atom stereocenters. The summed E-state index contributed by atoms with van der Waals surface area (Å²) in [6.07, 6.45) is 0.362. The van der Waals surface area contributed by atoms with E-state index in [4.69, 9.17) is 9.47 Å². The zero-order valence-electron chi connectivity index (χ0n) is 12.2. The van der Waals surface area contributed by atoms with Gasteiger partial charge in [0.15, 0.2) is 0 Å². The van der Waals surface area contributed by atoms with Crippen molar-refractivity contribution in [3.63, 3.8) is 0 Å². The van der Waals surface area contributed by atoms with Crippen LogP contribution >= 0.6 is 11.3 Å². The number of nitrogens with zero attached hydrogens (tertiary/aromatic N) is 3. The van der Waals surface area contributed by atoms with Gasteiger partial charge in [-0.15, -0.1) is 5.10 Å². The number of aromatic nitrogens is 2. The number of hydrogen-bond donors (Lipinski definition) is 0. The molecule has 2 aromatic heterocycles. The first kappa shape index (κ1) is 14.4. The van der Waals surface area contributed by atoms with Crippen LogP contribution in [-0.4, -0.2) is 41.4 Å². The lowest BCUT2D eigenvalue weighted by atomic mass is 10.1. The first-order chi connectivity index (χ1) is 10.2. The predicted octanol–water partition coefficient (Wildman–Crippen LogP) is 2.51. The summed E-state index contributed by atoms with van der Waals surface area (Å²) in [5, 5.41) is 12.5. The fourth-order valence-electron chi connectivity index (χ4n) is 2.58. The predicted molar refractivity (Wildman–Crippen MR) is 81.5 cm³/mol. The third-order valence-corrected chi connectivity index (χ3v) is 4.24. The van der Waals surface area contributed by atoms with Gasteiger partial charge in [0.25, 0.3) is 0 Å². The summed E-state index contributed by atoms with van der Waals surface area (Å²) in [6, 6.07) is 5.95. The van der Waals surface area contributed by atoms with E-state index in [1.54, 1.807) is 18.4 Å². The van der Waals surface area contributed by atoms with Crippen LogP contribution in [0.25, 0.3) is 0 Å². The maximum atomic E-state index is 6.04. The van der Waals surface area contributed by atoms with Gasteiger partial charge in [-0.05, 0) is 35.4 Å². The fourth-order valence-corrected chi connectivity index (χ4v) is 3.28. The number of morpholine rings is 1. The summed E-state index contributed by atoms with van der Waals surface area (Å²) < 4.78 is 11.1. The van der Waals surface area contributed by atoms with Gasteiger partial charge in [0.2, 0.25) is 5.88 Å². The monoisotopic (exact) mass is 305 g/mol. The van der Waals surface area contributed by atoms with E-state index in [2.05, 4.69) is 38.8 Å². The number of thiophene rings is 1. The summed E-state index contributed by atoms with van der Waals surface area (Å²) >= 11 is 1.71. The van der Waals surface area contributed by atoms with Crippen LogP contribution in [0.1, 0.15) is 24.3 Å². The lowest BCUT2D eigenvalue weighted by Crippen LogP contribution is -2.42. The first-order valence-corrected chi connectivity index (χ1v) is 7.95. The molecule has 2 atom stereocenters. The van der Waals surface area contributed by atoms with Gasteiger partial charge in [0.05, 0.1) is 25.0 Å². The molecule has 0 N–H and O–H groups in total. The Bertz CT molecular complexity index is 559. The molecular weight excluding hydrogens is 286 g/mol. The van der Waals surface area contributed by atoms with E-state index in [0.717, 1.165) is 25.3 Å². The molecule has 1 aliphatic heterocycles. The lowest BCUT2D eigenvalue weighted by Gasteiger charge is -2.36. The van der Waals surface area contributed by atoms with Crippen molar-refractivity contribution in [2.75, 3.05) is 20.2 Å². The van der Waals surface area contributed by atoms with Crippen molar-refractivity contribution in [2.24, 2.45) is 0 Å². The molecule has 0 bridgehead atoms. The zero-order chi connectivity index (χ0) is 14.7. The SMILES string of the molecule is COc1ccc(CN2C[C@@H](C)O[C@@H](c3ccsc3)C2)nn1. The maximum absolute atomic E-state index is 6.04. The van der Waals surface area contributed by atoms with E-state index >= 15 is 0 Å². The minimum Gasteiger partial charge on any atom is -0.480 e. The van der Waals surface area contributed by atoms with E-state index in [9.17, 15) is 0 Å². The Morgan fingerprint density at radius 2 is 2.24 bits per heavy atom. The summed E-state index contributed by atoms with van der Waals surface area (Å²) in [7, 11) is 1.60. The van der Waals surface area contributed by atoms with Gasteiger partial charge in [-0.25, -0.2) is 0 Å². The Labute approximate surface area is 128 Å². The Kier molecular flexibility index (Phi) is 4.48. The van der Waals surface area contributed by atoms with Gasteiger partial charge in [-0.1, -0.05) is 0 Å². The van der Waals surface area contributed by atoms with Crippen LogP contribution in [0.15, 0.2) is 29.0 Å². The van der Waals surface area contributed by atoms with E-state index in [1.807, 2.05) is 12.1 Å². The Morgan fingerprint density at radius 1 is 1.33 bits per heavy atom. The molecule has 2 aromatic rings. The van der Waals surface area contributed by atoms with Gasteiger partial charge in [-0.3, -0.25) is 4.90 Å². The molecule has 3 rings (SSSR count). The standard InChI is InChI=1S/C15H19N3O2S/c1-11-7-18(8-13-3-4-15(19-2)17-16-13)9-14(20-11)12-5-6-21-10-12/h3-6,10-11,14H,7-9H2,1-2H3/t11-,14-/m1/s1. The van der Waals surface area contributed by atoms with Gasteiger partial charge >= 0.3 is 0 Å². The smallest absolute Gasteiger partial charge is 0.233 e. The highest BCUT2D eigenvalue weighted by molar-refractivity contribution is 7.07. The van der Waals surface area contributed by atoms with E-state index in [1.165, 1.54) is 5.56 Å². The molecule has 5 nitrogen and oxygen atoms in total.